The first-order valence-electron chi connectivity index (χ1n) is 7.52. The number of amides is 1. The van der Waals surface area contributed by atoms with Gasteiger partial charge in [0, 0.05) is 26.2 Å². The average Bonchev–Trinajstić information content (AvgIpc) is 3.13. The zero-order chi connectivity index (χ0) is 16.4. The molecule has 1 N–H and O–H groups in total. The number of nitrogens with one attached hydrogen (secondary N) is 1. The number of anilines is 1. The van der Waals surface area contributed by atoms with E-state index in [2.05, 4.69) is 20.2 Å². The average molecular weight is 332 g/mol. The third kappa shape index (κ3) is 3.50. The molecule has 1 aliphatic rings. The highest BCUT2D eigenvalue weighted by atomic mass is 32.2. The number of aryl methyl sites for hydroxylation is 1. The lowest BCUT2D eigenvalue weighted by Gasteiger charge is -2.17. The van der Waals surface area contributed by atoms with Gasteiger partial charge in [-0.05, 0) is 31.4 Å². The first-order valence-corrected chi connectivity index (χ1v) is 8.74. The predicted octanol–water partition coefficient (Wildman–Crippen LogP) is 2.21. The Kier molecular flexibility index (Phi) is 4.56. The van der Waals surface area contributed by atoms with Crippen molar-refractivity contribution in [2.45, 2.75) is 31.0 Å². The summed E-state index contributed by atoms with van der Waals surface area (Å²) in [6.45, 7) is 4.93. The summed E-state index contributed by atoms with van der Waals surface area (Å²) in [6, 6.07) is 5.86. The number of rotatable bonds is 4. The van der Waals surface area contributed by atoms with Crippen LogP contribution in [0.3, 0.4) is 0 Å². The van der Waals surface area contributed by atoms with Crippen LogP contribution in [0.1, 0.15) is 24.4 Å². The Balaban J connectivity index is 1.85. The Morgan fingerprint density at radius 3 is 2.87 bits per heavy atom. The molecule has 1 amide bonds. The lowest BCUT2D eigenvalue weighted by atomic mass is 10.0. The summed E-state index contributed by atoms with van der Waals surface area (Å²) in [6.07, 6.45) is 3.73. The maximum absolute atomic E-state index is 11.5. The van der Waals surface area contributed by atoms with Crippen molar-refractivity contribution in [1.29, 1.82) is 0 Å². The Hall–Kier alpha value is -2.02. The highest BCUT2D eigenvalue weighted by molar-refractivity contribution is 7.98. The second-order valence-electron chi connectivity index (χ2n) is 5.67. The summed E-state index contributed by atoms with van der Waals surface area (Å²) >= 11 is 1.52. The lowest BCUT2D eigenvalue weighted by Crippen LogP contribution is -2.38. The molecule has 3 rings (SSSR count). The molecule has 2 aromatic heterocycles. The van der Waals surface area contributed by atoms with E-state index in [9.17, 15) is 4.79 Å². The molecule has 0 radical (unpaired) electrons. The fourth-order valence-electron chi connectivity index (χ4n) is 2.95. The van der Waals surface area contributed by atoms with Crippen LogP contribution in [0.2, 0.25) is 0 Å². The topological polar surface area (TPSA) is 71.3 Å². The Morgan fingerprint density at radius 1 is 1.39 bits per heavy atom. The summed E-state index contributed by atoms with van der Waals surface area (Å²) in [5.41, 5.74) is 0. The Labute approximate surface area is 139 Å². The van der Waals surface area contributed by atoms with E-state index in [4.69, 9.17) is 4.42 Å². The fourth-order valence-corrected chi connectivity index (χ4v) is 3.30. The second-order valence-corrected chi connectivity index (χ2v) is 6.44. The van der Waals surface area contributed by atoms with Gasteiger partial charge < -0.3 is 14.6 Å². The van der Waals surface area contributed by atoms with Crippen LogP contribution in [0.25, 0.3) is 0 Å². The minimum absolute atomic E-state index is 0.00532. The quantitative estimate of drug-likeness (QED) is 0.684. The maximum Gasteiger partial charge on any atom is 0.217 e. The molecule has 0 bridgehead atoms. The monoisotopic (exact) mass is 332 g/mol. The van der Waals surface area contributed by atoms with Gasteiger partial charge in [0.15, 0.2) is 5.16 Å². The molecule has 3 heterocycles. The van der Waals surface area contributed by atoms with Crippen molar-refractivity contribution in [2.75, 3.05) is 24.2 Å². The van der Waals surface area contributed by atoms with E-state index in [1.807, 2.05) is 31.4 Å². The molecular formula is C16H20N4O2S. The van der Waals surface area contributed by atoms with Crippen LogP contribution < -0.4 is 10.2 Å². The van der Waals surface area contributed by atoms with Crippen LogP contribution in [0.4, 0.5) is 5.82 Å². The largest absolute Gasteiger partial charge is 0.466 e. The predicted molar refractivity (Wildman–Crippen MR) is 89.8 cm³/mol. The summed E-state index contributed by atoms with van der Waals surface area (Å²) in [7, 11) is 0. The van der Waals surface area contributed by atoms with Gasteiger partial charge in [-0.25, -0.2) is 9.97 Å². The van der Waals surface area contributed by atoms with Gasteiger partial charge in [-0.2, -0.15) is 0 Å². The van der Waals surface area contributed by atoms with E-state index in [0.717, 1.165) is 29.0 Å². The number of carbonyl (C=O) groups excluding carboxylic acids is 1. The maximum atomic E-state index is 11.5. The van der Waals surface area contributed by atoms with E-state index in [0.29, 0.717) is 6.54 Å². The highest BCUT2D eigenvalue weighted by Crippen LogP contribution is 2.31. The van der Waals surface area contributed by atoms with Gasteiger partial charge in [0.25, 0.3) is 0 Å². The molecule has 2 atom stereocenters. The summed E-state index contributed by atoms with van der Waals surface area (Å²) < 4.78 is 5.79. The molecule has 0 aliphatic carbocycles. The highest BCUT2D eigenvalue weighted by Gasteiger charge is 2.37. The van der Waals surface area contributed by atoms with Crippen molar-refractivity contribution >= 4 is 23.5 Å². The number of carbonyl (C=O) groups is 1. The van der Waals surface area contributed by atoms with Crippen molar-refractivity contribution in [3.8, 4) is 0 Å². The van der Waals surface area contributed by atoms with Gasteiger partial charge in [0.2, 0.25) is 5.91 Å². The van der Waals surface area contributed by atoms with Crippen LogP contribution in [0.15, 0.2) is 34.0 Å². The number of furan rings is 1. The molecule has 0 saturated carbocycles. The van der Waals surface area contributed by atoms with Gasteiger partial charge >= 0.3 is 0 Å². The molecule has 122 valence electrons. The number of nitrogens with zero attached hydrogens (tertiary/aromatic N) is 3. The minimum Gasteiger partial charge on any atom is -0.466 e. The number of aromatic nitrogens is 2. The lowest BCUT2D eigenvalue weighted by molar-refractivity contribution is -0.119. The first-order chi connectivity index (χ1) is 11.1. The molecule has 6 nitrogen and oxygen atoms in total. The zero-order valence-electron chi connectivity index (χ0n) is 13.4. The van der Waals surface area contributed by atoms with Gasteiger partial charge in [0.1, 0.15) is 17.3 Å². The number of hydrogen-bond acceptors (Lipinski definition) is 6. The van der Waals surface area contributed by atoms with Gasteiger partial charge in [-0.3, -0.25) is 4.79 Å². The molecule has 0 spiro atoms. The smallest absolute Gasteiger partial charge is 0.217 e. The third-order valence-electron chi connectivity index (χ3n) is 3.96. The van der Waals surface area contributed by atoms with Crippen LogP contribution in [0, 0.1) is 6.92 Å². The number of thioether (sulfide) groups is 1. The Morgan fingerprint density at radius 2 is 2.22 bits per heavy atom. The SMILES string of the molecule is CSc1nccc(N2C[C@@H](NC(C)=O)[C@H](c3ccc(C)o3)C2)n1. The van der Waals surface area contributed by atoms with E-state index in [1.54, 1.807) is 13.1 Å². The van der Waals surface area contributed by atoms with Crippen molar-refractivity contribution in [3.63, 3.8) is 0 Å². The normalized spacial score (nSPS) is 20.7. The summed E-state index contributed by atoms with van der Waals surface area (Å²) in [5, 5.41) is 3.78. The minimum atomic E-state index is -0.0300. The molecule has 1 fully saturated rings. The molecule has 1 saturated heterocycles. The fraction of sp³-hybridized carbons (Fsp3) is 0.438. The molecule has 0 aromatic carbocycles. The van der Waals surface area contributed by atoms with E-state index in [1.165, 1.54) is 11.8 Å². The standard InChI is InChI=1S/C16H20N4O2S/c1-10-4-5-14(22-10)12-8-20(9-13(12)18-11(2)21)15-6-7-17-16(19-15)23-3/h4-7,12-13H,8-9H2,1-3H3,(H,18,21)/t12-,13-/m1/s1. The molecule has 23 heavy (non-hydrogen) atoms. The second kappa shape index (κ2) is 6.62. The molecule has 7 heteroatoms. The molecule has 1 aliphatic heterocycles. The van der Waals surface area contributed by atoms with Crippen molar-refractivity contribution in [1.82, 2.24) is 15.3 Å². The van der Waals surface area contributed by atoms with Crippen LogP contribution in [-0.4, -0.2) is 41.3 Å². The summed E-state index contributed by atoms with van der Waals surface area (Å²) in [5.74, 6) is 2.75. The third-order valence-corrected chi connectivity index (χ3v) is 4.52. The Bertz CT molecular complexity index is 703. The molecule has 0 unspecified atom stereocenters. The van der Waals surface area contributed by atoms with Crippen LogP contribution in [-0.2, 0) is 4.79 Å². The summed E-state index contributed by atoms with van der Waals surface area (Å²) in [4.78, 5) is 22.5. The van der Waals surface area contributed by atoms with Gasteiger partial charge in [-0.1, -0.05) is 11.8 Å². The van der Waals surface area contributed by atoms with Crippen molar-refractivity contribution in [2.24, 2.45) is 0 Å². The van der Waals surface area contributed by atoms with Gasteiger partial charge in [-0.15, -0.1) is 0 Å². The van der Waals surface area contributed by atoms with E-state index >= 15 is 0 Å². The van der Waals surface area contributed by atoms with E-state index < -0.39 is 0 Å². The number of hydrogen-bond donors (Lipinski definition) is 1. The molecule has 2 aromatic rings. The van der Waals surface area contributed by atoms with Gasteiger partial charge in [0.05, 0.1) is 12.0 Å². The van der Waals surface area contributed by atoms with Crippen molar-refractivity contribution in [3.05, 3.63) is 35.9 Å². The van der Waals surface area contributed by atoms with Crippen LogP contribution >= 0.6 is 11.8 Å². The zero-order valence-corrected chi connectivity index (χ0v) is 14.3. The molecular weight excluding hydrogens is 312 g/mol. The van der Waals surface area contributed by atoms with E-state index in [-0.39, 0.29) is 17.9 Å². The first kappa shape index (κ1) is 15.9. The van der Waals surface area contributed by atoms with Crippen molar-refractivity contribution < 1.29 is 9.21 Å². The van der Waals surface area contributed by atoms with Crippen LogP contribution in [0.5, 0.6) is 0 Å².